The molecule has 0 atom stereocenters. The van der Waals surface area contributed by atoms with Gasteiger partial charge in [-0.25, -0.2) is 0 Å². The minimum absolute atomic E-state index is 0.0839. The van der Waals surface area contributed by atoms with E-state index >= 15 is 0 Å². The van der Waals surface area contributed by atoms with Gasteiger partial charge in [-0.1, -0.05) is 15.9 Å². The topological polar surface area (TPSA) is 59.2 Å². The standard InChI is InChI=1S/C14H14BrN3O/c1-18(13-4-2-11(15)3-5-13)14(19)10-6-7-17-12(8-10)9-16/h2-8H,9,16H2,1H3. The Morgan fingerprint density at radius 3 is 2.63 bits per heavy atom. The van der Waals surface area contributed by atoms with E-state index in [-0.39, 0.29) is 5.91 Å². The summed E-state index contributed by atoms with van der Waals surface area (Å²) in [6.07, 6.45) is 1.60. The second-order valence-corrected chi connectivity index (χ2v) is 5.00. The first-order valence-corrected chi connectivity index (χ1v) is 6.59. The summed E-state index contributed by atoms with van der Waals surface area (Å²) < 4.78 is 0.978. The maximum absolute atomic E-state index is 12.3. The predicted molar refractivity (Wildman–Crippen MR) is 79.0 cm³/mol. The van der Waals surface area contributed by atoms with Gasteiger partial charge in [0.1, 0.15) is 0 Å². The molecule has 0 unspecified atom stereocenters. The predicted octanol–water partition coefficient (Wildman–Crippen LogP) is 2.58. The number of pyridine rings is 1. The third-order valence-electron chi connectivity index (χ3n) is 2.79. The van der Waals surface area contributed by atoms with Crippen LogP contribution in [0.15, 0.2) is 47.1 Å². The van der Waals surface area contributed by atoms with Crippen LogP contribution in [0.3, 0.4) is 0 Å². The monoisotopic (exact) mass is 319 g/mol. The number of hydrogen-bond acceptors (Lipinski definition) is 3. The van der Waals surface area contributed by atoms with Crippen molar-refractivity contribution in [2.24, 2.45) is 5.73 Å². The molecular weight excluding hydrogens is 306 g/mol. The Labute approximate surface area is 120 Å². The Bertz CT molecular complexity index is 583. The molecule has 0 aliphatic carbocycles. The maximum atomic E-state index is 12.3. The lowest BCUT2D eigenvalue weighted by molar-refractivity contribution is 0.0993. The van der Waals surface area contributed by atoms with Crippen LogP contribution in [0.25, 0.3) is 0 Å². The number of rotatable bonds is 3. The number of halogens is 1. The van der Waals surface area contributed by atoms with Crippen LogP contribution in [-0.4, -0.2) is 17.9 Å². The molecule has 0 radical (unpaired) electrons. The molecule has 0 spiro atoms. The van der Waals surface area contributed by atoms with Crippen LogP contribution < -0.4 is 10.6 Å². The zero-order valence-corrected chi connectivity index (χ0v) is 12.1. The number of amides is 1. The van der Waals surface area contributed by atoms with Gasteiger partial charge >= 0.3 is 0 Å². The Hall–Kier alpha value is -1.72. The number of nitrogens with zero attached hydrogens (tertiary/aromatic N) is 2. The van der Waals surface area contributed by atoms with Crippen LogP contribution in [0, 0.1) is 0 Å². The lowest BCUT2D eigenvalue weighted by atomic mass is 10.2. The van der Waals surface area contributed by atoms with Crippen LogP contribution in [0.5, 0.6) is 0 Å². The molecule has 1 aromatic carbocycles. The van der Waals surface area contributed by atoms with E-state index in [0.717, 1.165) is 10.2 Å². The smallest absolute Gasteiger partial charge is 0.258 e. The third kappa shape index (κ3) is 3.19. The minimum atomic E-state index is -0.0839. The van der Waals surface area contributed by atoms with Crippen molar-refractivity contribution in [3.63, 3.8) is 0 Å². The lowest BCUT2D eigenvalue weighted by Crippen LogP contribution is -2.26. The summed E-state index contributed by atoms with van der Waals surface area (Å²) in [5.74, 6) is -0.0839. The molecular formula is C14H14BrN3O. The van der Waals surface area contributed by atoms with Gasteiger partial charge in [-0.05, 0) is 36.4 Å². The van der Waals surface area contributed by atoms with Gasteiger partial charge in [-0.3, -0.25) is 9.78 Å². The highest BCUT2D eigenvalue weighted by atomic mass is 79.9. The SMILES string of the molecule is CN(C(=O)c1ccnc(CN)c1)c1ccc(Br)cc1. The molecule has 0 aliphatic heterocycles. The highest BCUT2D eigenvalue weighted by molar-refractivity contribution is 9.10. The molecule has 4 nitrogen and oxygen atoms in total. The van der Waals surface area contributed by atoms with Crippen molar-refractivity contribution in [1.29, 1.82) is 0 Å². The normalized spacial score (nSPS) is 10.3. The zero-order valence-electron chi connectivity index (χ0n) is 10.5. The summed E-state index contributed by atoms with van der Waals surface area (Å²) in [6.45, 7) is 0.323. The number of carbonyl (C=O) groups excluding carboxylic acids is 1. The number of benzene rings is 1. The molecule has 1 amide bonds. The van der Waals surface area contributed by atoms with Crippen LogP contribution in [0.1, 0.15) is 16.1 Å². The number of nitrogens with two attached hydrogens (primary N) is 1. The van der Waals surface area contributed by atoms with Gasteiger partial charge in [0.15, 0.2) is 0 Å². The molecule has 0 saturated heterocycles. The highest BCUT2D eigenvalue weighted by Crippen LogP contribution is 2.19. The summed E-state index contributed by atoms with van der Waals surface area (Å²) in [6, 6.07) is 11.0. The minimum Gasteiger partial charge on any atom is -0.325 e. The summed E-state index contributed by atoms with van der Waals surface area (Å²) >= 11 is 3.37. The van der Waals surface area contributed by atoms with Crippen molar-refractivity contribution < 1.29 is 4.79 Å². The van der Waals surface area contributed by atoms with E-state index in [2.05, 4.69) is 20.9 Å². The molecule has 5 heteroatoms. The van der Waals surface area contributed by atoms with Crippen molar-refractivity contribution in [3.05, 3.63) is 58.3 Å². The van der Waals surface area contributed by atoms with Gasteiger partial charge in [0, 0.05) is 35.5 Å². The fourth-order valence-corrected chi connectivity index (χ4v) is 1.96. The number of carbonyl (C=O) groups is 1. The molecule has 0 bridgehead atoms. The Balaban J connectivity index is 2.25. The largest absolute Gasteiger partial charge is 0.325 e. The second kappa shape index (κ2) is 5.95. The van der Waals surface area contributed by atoms with E-state index in [4.69, 9.17) is 5.73 Å². The van der Waals surface area contributed by atoms with Gasteiger partial charge in [0.2, 0.25) is 0 Å². The van der Waals surface area contributed by atoms with Crippen LogP contribution in [0.2, 0.25) is 0 Å². The van der Waals surface area contributed by atoms with E-state index in [1.54, 1.807) is 30.3 Å². The van der Waals surface area contributed by atoms with Gasteiger partial charge in [-0.2, -0.15) is 0 Å². The average molecular weight is 320 g/mol. The van der Waals surface area contributed by atoms with Crippen molar-refractivity contribution >= 4 is 27.5 Å². The quantitative estimate of drug-likeness (QED) is 0.945. The zero-order chi connectivity index (χ0) is 13.8. The molecule has 1 heterocycles. The van der Waals surface area contributed by atoms with E-state index in [9.17, 15) is 4.79 Å². The van der Waals surface area contributed by atoms with Crippen molar-refractivity contribution in [2.45, 2.75) is 6.54 Å². The second-order valence-electron chi connectivity index (χ2n) is 4.08. The van der Waals surface area contributed by atoms with E-state index < -0.39 is 0 Å². The molecule has 2 rings (SSSR count). The van der Waals surface area contributed by atoms with Crippen molar-refractivity contribution in [3.8, 4) is 0 Å². The fourth-order valence-electron chi connectivity index (χ4n) is 1.70. The molecule has 1 aromatic heterocycles. The first-order valence-electron chi connectivity index (χ1n) is 5.80. The van der Waals surface area contributed by atoms with Crippen molar-refractivity contribution in [1.82, 2.24) is 4.98 Å². The number of anilines is 1. The summed E-state index contributed by atoms with van der Waals surface area (Å²) in [4.78, 5) is 18.0. The molecule has 0 fully saturated rings. The Kier molecular flexibility index (Phi) is 4.29. The first-order chi connectivity index (χ1) is 9.11. The van der Waals surface area contributed by atoms with Gasteiger partial charge in [0.25, 0.3) is 5.91 Å². The van der Waals surface area contributed by atoms with E-state index in [1.807, 2.05) is 24.3 Å². The molecule has 2 N–H and O–H groups in total. The molecule has 19 heavy (non-hydrogen) atoms. The lowest BCUT2D eigenvalue weighted by Gasteiger charge is -2.17. The van der Waals surface area contributed by atoms with E-state index in [1.165, 1.54) is 0 Å². The first kappa shape index (κ1) is 13.7. The molecule has 98 valence electrons. The van der Waals surface area contributed by atoms with E-state index in [0.29, 0.717) is 17.8 Å². The van der Waals surface area contributed by atoms with Gasteiger partial charge < -0.3 is 10.6 Å². The summed E-state index contributed by atoms with van der Waals surface area (Å²) in [7, 11) is 1.74. The fraction of sp³-hybridized carbons (Fsp3) is 0.143. The molecule has 0 saturated carbocycles. The van der Waals surface area contributed by atoms with Crippen LogP contribution in [-0.2, 0) is 6.54 Å². The molecule has 2 aromatic rings. The molecule has 0 aliphatic rings. The average Bonchev–Trinajstić information content (AvgIpc) is 2.46. The summed E-state index contributed by atoms with van der Waals surface area (Å²) in [5, 5.41) is 0. The summed E-state index contributed by atoms with van der Waals surface area (Å²) in [5.41, 5.74) is 7.65. The third-order valence-corrected chi connectivity index (χ3v) is 3.32. The van der Waals surface area contributed by atoms with Gasteiger partial charge in [0.05, 0.1) is 5.69 Å². The number of hydrogen-bond donors (Lipinski definition) is 1. The Morgan fingerprint density at radius 1 is 1.32 bits per heavy atom. The number of aromatic nitrogens is 1. The Morgan fingerprint density at radius 2 is 2.00 bits per heavy atom. The van der Waals surface area contributed by atoms with Crippen LogP contribution in [0.4, 0.5) is 5.69 Å². The van der Waals surface area contributed by atoms with Gasteiger partial charge in [-0.15, -0.1) is 0 Å². The maximum Gasteiger partial charge on any atom is 0.258 e. The van der Waals surface area contributed by atoms with Crippen molar-refractivity contribution in [2.75, 3.05) is 11.9 Å². The highest BCUT2D eigenvalue weighted by Gasteiger charge is 2.13. The van der Waals surface area contributed by atoms with Crippen LogP contribution >= 0.6 is 15.9 Å².